The summed E-state index contributed by atoms with van der Waals surface area (Å²) in [6.45, 7) is 0.647. The van der Waals surface area contributed by atoms with Crippen LogP contribution in [-0.4, -0.2) is 34.7 Å². The number of hydrogen-bond acceptors (Lipinski definition) is 3. The van der Waals surface area contributed by atoms with Crippen LogP contribution < -0.4 is 0 Å². The van der Waals surface area contributed by atoms with E-state index in [0.717, 1.165) is 5.56 Å². The van der Waals surface area contributed by atoms with Gasteiger partial charge in [-0.15, -0.1) is 0 Å². The number of amides is 1. The predicted octanol–water partition coefficient (Wildman–Crippen LogP) is 2.14. The van der Waals surface area contributed by atoms with Gasteiger partial charge in [0.05, 0.1) is 13.0 Å². The van der Waals surface area contributed by atoms with Crippen molar-refractivity contribution in [2.45, 2.75) is 19.1 Å². The third-order valence-corrected chi connectivity index (χ3v) is 3.13. The molecule has 0 aliphatic carbocycles. The highest BCUT2D eigenvalue weighted by atomic mass is 35.5. The van der Waals surface area contributed by atoms with Crippen molar-refractivity contribution in [1.29, 1.82) is 0 Å². The Bertz CT molecular complexity index is 477. The standard InChI is InChI=1S/C12H12ClNO4/c13-10-4-2-1-3-8(10)6-14-7-9(5-11(14)15)18-12(16)17/h1-4,9H,5-7H2,(H,16,17). The fraction of sp³-hybridized carbons (Fsp3) is 0.333. The van der Waals surface area contributed by atoms with Gasteiger partial charge in [-0.05, 0) is 11.6 Å². The second-order valence-electron chi connectivity index (χ2n) is 4.08. The van der Waals surface area contributed by atoms with Gasteiger partial charge in [0.15, 0.2) is 0 Å². The lowest BCUT2D eigenvalue weighted by molar-refractivity contribution is -0.128. The van der Waals surface area contributed by atoms with Gasteiger partial charge in [0, 0.05) is 11.6 Å². The van der Waals surface area contributed by atoms with E-state index >= 15 is 0 Å². The summed E-state index contributed by atoms with van der Waals surface area (Å²) >= 11 is 6.01. The molecule has 1 unspecified atom stereocenters. The SMILES string of the molecule is O=C(O)OC1CC(=O)N(Cc2ccccc2Cl)C1. The topological polar surface area (TPSA) is 66.8 Å². The van der Waals surface area contributed by atoms with Crippen molar-refractivity contribution < 1.29 is 19.4 Å². The number of ether oxygens (including phenoxy) is 1. The van der Waals surface area contributed by atoms with Crippen molar-refractivity contribution in [3.05, 3.63) is 34.9 Å². The average Bonchev–Trinajstić information content (AvgIpc) is 2.61. The molecule has 1 N–H and O–H groups in total. The molecule has 1 aliphatic heterocycles. The van der Waals surface area contributed by atoms with Crippen molar-refractivity contribution in [3.8, 4) is 0 Å². The predicted molar refractivity (Wildman–Crippen MR) is 64.4 cm³/mol. The van der Waals surface area contributed by atoms with Gasteiger partial charge in [0.25, 0.3) is 0 Å². The van der Waals surface area contributed by atoms with Crippen LogP contribution in [0.15, 0.2) is 24.3 Å². The normalized spacial score (nSPS) is 19.1. The minimum absolute atomic E-state index is 0.0940. The monoisotopic (exact) mass is 269 g/mol. The van der Waals surface area contributed by atoms with Crippen molar-refractivity contribution >= 4 is 23.7 Å². The summed E-state index contributed by atoms with van der Waals surface area (Å²) in [5, 5.41) is 9.10. The van der Waals surface area contributed by atoms with Crippen LogP contribution in [-0.2, 0) is 16.1 Å². The maximum Gasteiger partial charge on any atom is 0.506 e. The zero-order chi connectivity index (χ0) is 13.1. The molecular weight excluding hydrogens is 258 g/mol. The lowest BCUT2D eigenvalue weighted by atomic mass is 10.2. The molecule has 1 heterocycles. The Morgan fingerprint density at radius 2 is 2.22 bits per heavy atom. The summed E-state index contributed by atoms with van der Waals surface area (Å²) in [6.07, 6.45) is -1.85. The van der Waals surface area contributed by atoms with Crippen LogP contribution in [0, 0.1) is 0 Å². The van der Waals surface area contributed by atoms with E-state index in [9.17, 15) is 9.59 Å². The number of nitrogens with zero attached hydrogens (tertiary/aromatic N) is 1. The van der Waals surface area contributed by atoms with Gasteiger partial charge in [0.2, 0.25) is 5.91 Å². The van der Waals surface area contributed by atoms with Crippen LogP contribution >= 0.6 is 11.6 Å². The third kappa shape index (κ3) is 2.92. The molecule has 6 heteroatoms. The van der Waals surface area contributed by atoms with Crippen LogP contribution in [0.4, 0.5) is 4.79 Å². The molecule has 0 aromatic heterocycles. The summed E-state index contributed by atoms with van der Waals surface area (Å²) in [4.78, 5) is 23.7. The van der Waals surface area contributed by atoms with E-state index in [1.165, 1.54) is 0 Å². The van der Waals surface area contributed by atoms with Crippen molar-refractivity contribution in [2.75, 3.05) is 6.54 Å². The molecule has 1 aromatic rings. The zero-order valence-corrected chi connectivity index (χ0v) is 10.3. The van der Waals surface area contributed by atoms with Crippen molar-refractivity contribution in [3.63, 3.8) is 0 Å². The Morgan fingerprint density at radius 3 is 2.89 bits per heavy atom. The first kappa shape index (κ1) is 12.7. The summed E-state index contributed by atoms with van der Waals surface area (Å²) < 4.78 is 4.60. The second kappa shape index (κ2) is 5.27. The molecule has 1 amide bonds. The number of carbonyl (C=O) groups is 2. The molecule has 1 aliphatic rings. The highest BCUT2D eigenvalue weighted by Crippen LogP contribution is 2.21. The Balaban J connectivity index is 2.01. The van der Waals surface area contributed by atoms with Gasteiger partial charge in [-0.25, -0.2) is 4.79 Å². The van der Waals surface area contributed by atoms with Crippen molar-refractivity contribution in [2.24, 2.45) is 0 Å². The minimum Gasteiger partial charge on any atom is -0.450 e. The van der Waals surface area contributed by atoms with E-state index in [0.29, 0.717) is 11.6 Å². The molecule has 1 saturated heterocycles. The first-order chi connectivity index (χ1) is 8.56. The first-order valence-electron chi connectivity index (χ1n) is 5.47. The highest BCUT2D eigenvalue weighted by Gasteiger charge is 2.32. The third-order valence-electron chi connectivity index (χ3n) is 2.77. The van der Waals surface area contributed by atoms with Crippen LogP contribution in [0.1, 0.15) is 12.0 Å². The fourth-order valence-electron chi connectivity index (χ4n) is 1.94. The van der Waals surface area contributed by atoms with Gasteiger partial charge >= 0.3 is 6.16 Å². The molecule has 0 spiro atoms. The van der Waals surface area contributed by atoms with Gasteiger partial charge < -0.3 is 14.7 Å². The maximum absolute atomic E-state index is 11.7. The first-order valence-corrected chi connectivity index (χ1v) is 5.85. The summed E-state index contributed by atoms with van der Waals surface area (Å²) in [7, 11) is 0. The van der Waals surface area contributed by atoms with Gasteiger partial charge in [-0.2, -0.15) is 0 Å². The van der Waals surface area contributed by atoms with E-state index in [-0.39, 0.29) is 18.9 Å². The van der Waals surface area contributed by atoms with Crippen LogP contribution in [0.5, 0.6) is 0 Å². The Kier molecular flexibility index (Phi) is 3.72. The van der Waals surface area contributed by atoms with Gasteiger partial charge in [-0.1, -0.05) is 29.8 Å². The highest BCUT2D eigenvalue weighted by molar-refractivity contribution is 6.31. The Hall–Kier alpha value is -1.75. The van der Waals surface area contributed by atoms with Crippen molar-refractivity contribution in [1.82, 2.24) is 4.90 Å². The average molecular weight is 270 g/mol. The Morgan fingerprint density at radius 1 is 1.50 bits per heavy atom. The maximum atomic E-state index is 11.7. The number of benzene rings is 1. The number of likely N-dealkylation sites (tertiary alicyclic amines) is 1. The summed E-state index contributed by atoms with van der Waals surface area (Å²) in [6, 6.07) is 7.24. The number of hydrogen-bond donors (Lipinski definition) is 1. The number of halogens is 1. The minimum atomic E-state index is -1.35. The zero-order valence-electron chi connectivity index (χ0n) is 9.51. The molecule has 5 nitrogen and oxygen atoms in total. The fourth-order valence-corrected chi connectivity index (χ4v) is 2.14. The summed E-state index contributed by atoms with van der Waals surface area (Å²) in [5.41, 5.74) is 0.837. The molecule has 1 fully saturated rings. The van der Waals surface area contributed by atoms with Gasteiger partial charge in [-0.3, -0.25) is 4.79 Å². The molecule has 1 atom stereocenters. The van der Waals surface area contributed by atoms with Crippen LogP contribution in [0.2, 0.25) is 5.02 Å². The summed E-state index contributed by atoms with van der Waals surface area (Å²) in [5.74, 6) is -0.124. The van der Waals surface area contributed by atoms with E-state index in [1.54, 1.807) is 11.0 Å². The van der Waals surface area contributed by atoms with Crippen LogP contribution in [0.3, 0.4) is 0 Å². The van der Waals surface area contributed by atoms with Gasteiger partial charge in [0.1, 0.15) is 6.10 Å². The number of rotatable bonds is 3. The van der Waals surface area contributed by atoms with Crippen LogP contribution in [0.25, 0.3) is 0 Å². The lowest BCUT2D eigenvalue weighted by Gasteiger charge is -2.17. The van der Waals surface area contributed by atoms with E-state index in [4.69, 9.17) is 16.7 Å². The van der Waals surface area contributed by atoms with E-state index in [1.807, 2.05) is 18.2 Å². The van der Waals surface area contributed by atoms with E-state index in [2.05, 4.69) is 4.74 Å². The molecule has 0 bridgehead atoms. The lowest BCUT2D eigenvalue weighted by Crippen LogP contribution is -2.26. The molecular formula is C12H12ClNO4. The van der Waals surface area contributed by atoms with E-state index < -0.39 is 12.3 Å². The number of carbonyl (C=O) groups excluding carboxylic acids is 1. The molecule has 0 radical (unpaired) electrons. The smallest absolute Gasteiger partial charge is 0.450 e. The largest absolute Gasteiger partial charge is 0.506 e. The molecule has 1 aromatic carbocycles. The Labute approximate surface area is 109 Å². The molecule has 2 rings (SSSR count). The quantitative estimate of drug-likeness (QED) is 0.854. The molecule has 0 saturated carbocycles. The second-order valence-corrected chi connectivity index (χ2v) is 4.48. The molecule has 96 valence electrons. The number of carboxylic acid groups (broad SMARTS) is 1. The molecule has 18 heavy (non-hydrogen) atoms.